The van der Waals surface area contributed by atoms with Crippen LogP contribution in [0.5, 0.6) is 0 Å². The average molecular weight is 245 g/mol. The van der Waals surface area contributed by atoms with Gasteiger partial charge < -0.3 is 20.6 Å². The van der Waals surface area contributed by atoms with E-state index in [1.807, 2.05) is 13.8 Å². The first-order chi connectivity index (χ1) is 7.82. The Morgan fingerprint density at radius 3 is 2.35 bits per heavy atom. The zero-order valence-electron chi connectivity index (χ0n) is 10.5. The zero-order valence-corrected chi connectivity index (χ0v) is 10.5. The molecule has 0 saturated carbocycles. The van der Waals surface area contributed by atoms with E-state index in [0.29, 0.717) is 18.9 Å². The molecule has 0 spiro atoms. The van der Waals surface area contributed by atoms with Gasteiger partial charge in [0, 0.05) is 12.2 Å². The molecule has 5 nitrogen and oxygen atoms in total. The summed E-state index contributed by atoms with van der Waals surface area (Å²) in [6, 6.07) is 0. The number of aliphatic hydroxyl groups excluding tert-OH is 2. The quantitative estimate of drug-likeness (QED) is 0.480. The van der Waals surface area contributed by atoms with E-state index in [4.69, 9.17) is 5.11 Å². The van der Waals surface area contributed by atoms with Crippen LogP contribution in [0.25, 0.3) is 0 Å². The molecule has 2 atom stereocenters. The fourth-order valence-corrected chi connectivity index (χ4v) is 1.32. The van der Waals surface area contributed by atoms with Crippen molar-refractivity contribution in [1.29, 1.82) is 0 Å². The number of carboxylic acid groups (broad SMARTS) is 1. The molecule has 0 aromatic heterocycles. The number of hydrogen-bond donors (Lipinski definition) is 4. The second-order valence-corrected chi connectivity index (χ2v) is 4.54. The Balaban J connectivity index is 3.69. The Labute approximate surface area is 102 Å². The topological polar surface area (TPSA) is 89.8 Å². The van der Waals surface area contributed by atoms with Crippen LogP contribution in [0.15, 0.2) is 12.3 Å². The highest BCUT2D eigenvalue weighted by molar-refractivity contribution is 5.67. The summed E-state index contributed by atoms with van der Waals surface area (Å²) in [6.45, 7) is 8.43. The molecule has 0 radical (unpaired) electrons. The van der Waals surface area contributed by atoms with Gasteiger partial charge in [-0.15, -0.1) is 0 Å². The summed E-state index contributed by atoms with van der Waals surface area (Å²) in [7, 11) is 0. The first-order valence-electron chi connectivity index (χ1n) is 5.83. The van der Waals surface area contributed by atoms with E-state index in [1.54, 1.807) is 0 Å². The summed E-state index contributed by atoms with van der Waals surface area (Å²) in [5, 5.41) is 30.4. The van der Waals surface area contributed by atoms with Crippen molar-refractivity contribution < 1.29 is 20.1 Å². The molecule has 2 unspecified atom stereocenters. The molecule has 0 aromatic rings. The van der Waals surface area contributed by atoms with Gasteiger partial charge in [0.15, 0.2) is 0 Å². The number of carbonyl (C=O) groups is 1. The van der Waals surface area contributed by atoms with Gasteiger partial charge >= 0.3 is 5.97 Å². The van der Waals surface area contributed by atoms with E-state index < -0.39 is 18.2 Å². The lowest BCUT2D eigenvalue weighted by Gasteiger charge is -2.16. The molecule has 4 N–H and O–H groups in total. The summed E-state index contributed by atoms with van der Waals surface area (Å²) < 4.78 is 0. The fourth-order valence-electron chi connectivity index (χ4n) is 1.32. The van der Waals surface area contributed by atoms with Crippen molar-refractivity contribution in [1.82, 2.24) is 5.32 Å². The van der Waals surface area contributed by atoms with Gasteiger partial charge in [0.25, 0.3) is 0 Å². The normalized spacial score (nSPS) is 14.4. The van der Waals surface area contributed by atoms with Crippen LogP contribution in [-0.4, -0.2) is 40.0 Å². The Morgan fingerprint density at radius 1 is 1.29 bits per heavy atom. The molecule has 0 rings (SSSR count). The number of rotatable bonds is 9. The number of nitrogens with one attached hydrogen (secondary N) is 1. The minimum atomic E-state index is -1.06. The summed E-state index contributed by atoms with van der Waals surface area (Å²) in [5.74, 6) is -0.722. The van der Waals surface area contributed by atoms with Crippen LogP contribution < -0.4 is 5.32 Å². The predicted molar refractivity (Wildman–Crippen MR) is 65.5 cm³/mol. The summed E-state index contributed by atoms with van der Waals surface area (Å²) in [6.07, 6.45) is -1.47. The van der Waals surface area contributed by atoms with Gasteiger partial charge in [0.05, 0.1) is 18.6 Å². The van der Waals surface area contributed by atoms with Crippen LogP contribution in [0.1, 0.15) is 33.1 Å². The van der Waals surface area contributed by atoms with E-state index in [1.165, 1.54) is 0 Å². The molecule has 0 aliphatic carbocycles. The summed E-state index contributed by atoms with van der Waals surface area (Å²) >= 11 is 0. The minimum Gasteiger partial charge on any atom is -0.481 e. The molecular formula is C12H23NO4. The van der Waals surface area contributed by atoms with Crippen LogP contribution in [0.4, 0.5) is 0 Å². The van der Waals surface area contributed by atoms with Gasteiger partial charge in [0.1, 0.15) is 0 Å². The van der Waals surface area contributed by atoms with Crippen LogP contribution in [0, 0.1) is 5.92 Å². The number of aliphatic carboxylic acids is 1. The molecule has 17 heavy (non-hydrogen) atoms. The first kappa shape index (κ1) is 15.9. The van der Waals surface area contributed by atoms with Gasteiger partial charge in [-0.3, -0.25) is 4.79 Å². The molecule has 0 aliphatic rings. The lowest BCUT2D eigenvalue weighted by Crippen LogP contribution is -2.25. The van der Waals surface area contributed by atoms with E-state index in [-0.39, 0.29) is 12.8 Å². The smallest absolute Gasteiger partial charge is 0.305 e. The van der Waals surface area contributed by atoms with Crippen molar-refractivity contribution in [2.75, 3.05) is 6.54 Å². The van der Waals surface area contributed by atoms with Gasteiger partial charge in [-0.25, -0.2) is 0 Å². The highest BCUT2D eigenvalue weighted by Gasteiger charge is 2.14. The molecule has 5 heteroatoms. The van der Waals surface area contributed by atoms with E-state index in [2.05, 4.69) is 11.9 Å². The van der Waals surface area contributed by atoms with E-state index >= 15 is 0 Å². The maximum Gasteiger partial charge on any atom is 0.305 e. The second kappa shape index (κ2) is 8.08. The molecule has 0 bridgehead atoms. The maximum absolute atomic E-state index is 10.3. The van der Waals surface area contributed by atoms with Crippen LogP contribution in [-0.2, 0) is 4.79 Å². The van der Waals surface area contributed by atoms with E-state index in [0.717, 1.165) is 5.70 Å². The molecule has 100 valence electrons. The Morgan fingerprint density at radius 2 is 1.88 bits per heavy atom. The summed E-state index contributed by atoms with van der Waals surface area (Å²) in [4.78, 5) is 10.3. The Kier molecular flexibility index (Phi) is 7.58. The zero-order chi connectivity index (χ0) is 13.4. The third kappa shape index (κ3) is 8.71. The van der Waals surface area contributed by atoms with Crippen LogP contribution in [0.3, 0.4) is 0 Å². The SMILES string of the molecule is C=C(NCCC(O)CC(O)CC(=O)O)C(C)C. The molecule has 0 fully saturated rings. The second-order valence-electron chi connectivity index (χ2n) is 4.54. The first-order valence-corrected chi connectivity index (χ1v) is 5.83. The minimum absolute atomic E-state index is 0.0855. The predicted octanol–water partition coefficient (Wildman–Crippen LogP) is 0.722. The molecule has 0 amide bonds. The van der Waals surface area contributed by atoms with Crippen molar-refractivity contribution in [3.05, 3.63) is 12.3 Å². The lowest BCUT2D eigenvalue weighted by atomic mass is 10.1. The highest BCUT2D eigenvalue weighted by atomic mass is 16.4. The van der Waals surface area contributed by atoms with Crippen LogP contribution in [0.2, 0.25) is 0 Å². The number of allylic oxidation sites excluding steroid dienone is 1. The third-order valence-corrected chi connectivity index (χ3v) is 2.48. The third-order valence-electron chi connectivity index (χ3n) is 2.48. The highest BCUT2D eigenvalue weighted by Crippen LogP contribution is 2.07. The largest absolute Gasteiger partial charge is 0.481 e. The monoisotopic (exact) mass is 245 g/mol. The van der Waals surface area contributed by atoms with Gasteiger partial charge in [-0.2, -0.15) is 0 Å². The number of hydrogen-bond acceptors (Lipinski definition) is 4. The van der Waals surface area contributed by atoms with Crippen molar-refractivity contribution in [3.8, 4) is 0 Å². The van der Waals surface area contributed by atoms with Crippen LogP contribution >= 0.6 is 0 Å². The van der Waals surface area contributed by atoms with E-state index in [9.17, 15) is 15.0 Å². The van der Waals surface area contributed by atoms with Crippen molar-refractivity contribution >= 4 is 5.97 Å². The number of carboxylic acids is 1. The lowest BCUT2D eigenvalue weighted by molar-refractivity contribution is -0.139. The fraction of sp³-hybridized carbons (Fsp3) is 0.750. The van der Waals surface area contributed by atoms with Gasteiger partial charge in [-0.05, 0) is 18.8 Å². The van der Waals surface area contributed by atoms with Gasteiger partial charge in [-0.1, -0.05) is 20.4 Å². The number of aliphatic hydroxyl groups is 2. The average Bonchev–Trinajstić information content (AvgIpc) is 2.15. The standard InChI is InChI=1S/C12H23NO4/c1-8(2)9(3)13-5-4-10(14)6-11(15)7-12(16)17/h8,10-11,13-15H,3-7H2,1-2H3,(H,16,17). The van der Waals surface area contributed by atoms with Crippen molar-refractivity contribution in [2.45, 2.75) is 45.3 Å². The Bertz CT molecular complexity index is 253. The van der Waals surface area contributed by atoms with Crippen molar-refractivity contribution in [3.63, 3.8) is 0 Å². The molecule has 0 aromatic carbocycles. The maximum atomic E-state index is 10.3. The van der Waals surface area contributed by atoms with Gasteiger partial charge in [0.2, 0.25) is 0 Å². The molecular weight excluding hydrogens is 222 g/mol. The molecule has 0 heterocycles. The molecule has 0 aliphatic heterocycles. The van der Waals surface area contributed by atoms with Crippen molar-refractivity contribution in [2.24, 2.45) is 5.92 Å². The Hall–Kier alpha value is -1.07. The summed E-state index contributed by atoms with van der Waals surface area (Å²) in [5.41, 5.74) is 0.906. The molecule has 0 saturated heterocycles.